The van der Waals surface area contributed by atoms with Crippen molar-refractivity contribution in [3.05, 3.63) is 27.1 Å². The molecule has 2 amide bonds. The molecular weight excluding hydrogens is 376 g/mol. The maximum Gasteiger partial charge on any atom is 0.322 e. The lowest BCUT2D eigenvalue weighted by atomic mass is 10.2. The highest BCUT2D eigenvalue weighted by molar-refractivity contribution is 9.11. The molecule has 0 aromatic heterocycles. The number of amides is 2. The number of nitrogens with one attached hydrogen (secondary N) is 1. The Morgan fingerprint density at radius 3 is 2.58 bits per heavy atom. The maximum absolute atomic E-state index is 12.2. The van der Waals surface area contributed by atoms with Gasteiger partial charge in [-0.2, -0.15) is 0 Å². The fraction of sp³-hybridized carbons (Fsp3) is 0.462. The fourth-order valence-corrected chi connectivity index (χ4v) is 2.84. The van der Waals surface area contributed by atoms with Crippen molar-refractivity contribution in [1.29, 1.82) is 0 Å². The van der Waals surface area contributed by atoms with E-state index in [9.17, 15) is 4.79 Å². The largest absolute Gasteiger partial charge is 0.372 e. The van der Waals surface area contributed by atoms with Crippen LogP contribution in [-0.4, -0.2) is 36.2 Å². The predicted octanol–water partition coefficient (Wildman–Crippen LogP) is 3.85. The minimum Gasteiger partial charge on any atom is -0.372 e. The van der Waals surface area contributed by atoms with E-state index >= 15 is 0 Å². The lowest BCUT2D eigenvalue weighted by Crippen LogP contribution is -2.49. The van der Waals surface area contributed by atoms with Gasteiger partial charge in [0, 0.05) is 22.0 Å². The van der Waals surface area contributed by atoms with Crippen LogP contribution in [0.1, 0.15) is 13.8 Å². The van der Waals surface area contributed by atoms with Crippen LogP contribution >= 0.6 is 31.9 Å². The van der Waals surface area contributed by atoms with Crippen LogP contribution in [0.25, 0.3) is 0 Å². The average Bonchev–Trinajstić information content (AvgIpc) is 2.32. The van der Waals surface area contributed by atoms with Crippen LogP contribution in [-0.2, 0) is 4.74 Å². The molecule has 4 nitrogen and oxygen atoms in total. The van der Waals surface area contributed by atoms with Gasteiger partial charge >= 0.3 is 6.03 Å². The SMILES string of the molecule is C[C@H]1CN(C(=O)Nc2cc(Br)ccc2Br)C[C@H](C)O1. The Morgan fingerprint density at radius 2 is 1.95 bits per heavy atom. The van der Waals surface area contributed by atoms with Crippen LogP contribution in [0, 0.1) is 0 Å². The van der Waals surface area contributed by atoms with E-state index in [1.54, 1.807) is 4.90 Å². The van der Waals surface area contributed by atoms with Crippen LogP contribution in [0.3, 0.4) is 0 Å². The van der Waals surface area contributed by atoms with Gasteiger partial charge in [0.05, 0.1) is 17.9 Å². The number of carbonyl (C=O) groups excluding carboxylic acids is 1. The molecule has 1 aliphatic rings. The van der Waals surface area contributed by atoms with E-state index in [0.717, 1.165) is 14.6 Å². The van der Waals surface area contributed by atoms with Crippen LogP contribution in [0.4, 0.5) is 10.5 Å². The highest BCUT2D eigenvalue weighted by atomic mass is 79.9. The van der Waals surface area contributed by atoms with Crippen molar-refractivity contribution >= 4 is 43.6 Å². The van der Waals surface area contributed by atoms with Crippen molar-refractivity contribution in [2.75, 3.05) is 18.4 Å². The summed E-state index contributed by atoms with van der Waals surface area (Å²) in [6, 6.07) is 5.58. The second-order valence-corrected chi connectivity index (χ2v) is 6.49. The minimum absolute atomic E-state index is 0.0699. The summed E-state index contributed by atoms with van der Waals surface area (Å²) < 4.78 is 7.41. The quantitative estimate of drug-likeness (QED) is 0.789. The van der Waals surface area contributed by atoms with E-state index in [0.29, 0.717) is 13.1 Å². The molecule has 1 aromatic carbocycles. The number of benzene rings is 1. The molecular formula is C13H16Br2N2O2. The highest BCUT2D eigenvalue weighted by Gasteiger charge is 2.26. The monoisotopic (exact) mass is 390 g/mol. The predicted molar refractivity (Wildman–Crippen MR) is 82.4 cm³/mol. The van der Waals surface area contributed by atoms with Crippen LogP contribution < -0.4 is 5.32 Å². The molecule has 2 rings (SSSR count). The standard InChI is InChI=1S/C13H16Br2N2O2/c1-8-6-17(7-9(2)19-8)13(18)16-12-5-10(14)3-4-11(12)15/h3-5,8-9H,6-7H2,1-2H3,(H,16,18)/t8-,9-/m0/s1. The number of halogens is 2. The molecule has 1 heterocycles. The van der Waals surface area contributed by atoms with Gasteiger partial charge in [0.15, 0.2) is 0 Å². The second-order valence-electron chi connectivity index (χ2n) is 4.72. The Labute approximate surface area is 129 Å². The van der Waals surface area contributed by atoms with E-state index in [2.05, 4.69) is 37.2 Å². The van der Waals surface area contributed by atoms with E-state index in [1.807, 2.05) is 32.0 Å². The van der Waals surface area contributed by atoms with Gasteiger partial charge in [-0.05, 0) is 48.0 Å². The molecule has 1 N–H and O–H groups in total. The Hall–Kier alpha value is -0.590. The summed E-state index contributed by atoms with van der Waals surface area (Å²) in [7, 11) is 0. The Morgan fingerprint density at radius 1 is 1.32 bits per heavy atom. The molecule has 1 saturated heterocycles. The summed E-state index contributed by atoms with van der Waals surface area (Å²) >= 11 is 6.82. The minimum atomic E-state index is -0.0965. The van der Waals surface area contributed by atoms with Crippen molar-refractivity contribution in [3.8, 4) is 0 Å². The number of carbonyl (C=O) groups is 1. The van der Waals surface area contributed by atoms with Crippen LogP contribution in [0.15, 0.2) is 27.1 Å². The van der Waals surface area contributed by atoms with Gasteiger partial charge in [-0.25, -0.2) is 4.79 Å². The van der Waals surface area contributed by atoms with Crippen molar-refractivity contribution in [2.24, 2.45) is 0 Å². The number of hydrogen-bond donors (Lipinski definition) is 1. The molecule has 0 radical (unpaired) electrons. The molecule has 104 valence electrons. The zero-order valence-corrected chi connectivity index (χ0v) is 14.0. The molecule has 0 unspecified atom stereocenters. The Balaban J connectivity index is 2.06. The van der Waals surface area contributed by atoms with Gasteiger partial charge in [-0.1, -0.05) is 15.9 Å². The lowest BCUT2D eigenvalue weighted by molar-refractivity contribution is -0.0530. The molecule has 0 saturated carbocycles. The highest BCUT2D eigenvalue weighted by Crippen LogP contribution is 2.26. The van der Waals surface area contributed by atoms with Gasteiger partial charge in [0.2, 0.25) is 0 Å². The molecule has 1 aliphatic heterocycles. The molecule has 0 aliphatic carbocycles. The summed E-state index contributed by atoms with van der Waals surface area (Å²) in [5.41, 5.74) is 0.756. The van der Waals surface area contributed by atoms with Crippen LogP contribution in [0.2, 0.25) is 0 Å². The van der Waals surface area contributed by atoms with Gasteiger partial charge in [0.1, 0.15) is 0 Å². The maximum atomic E-state index is 12.2. The molecule has 0 spiro atoms. The number of ether oxygens (including phenoxy) is 1. The lowest BCUT2D eigenvalue weighted by Gasteiger charge is -2.35. The van der Waals surface area contributed by atoms with Crippen molar-refractivity contribution in [2.45, 2.75) is 26.1 Å². The van der Waals surface area contributed by atoms with Crippen molar-refractivity contribution < 1.29 is 9.53 Å². The zero-order valence-electron chi connectivity index (χ0n) is 10.8. The van der Waals surface area contributed by atoms with Crippen molar-refractivity contribution in [1.82, 2.24) is 4.90 Å². The van der Waals surface area contributed by atoms with E-state index in [4.69, 9.17) is 4.74 Å². The van der Waals surface area contributed by atoms with Crippen LogP contribution in [0.5, 0.6) is 0 Å². The van der Waals surface area contributed by atoms with E-state index < -0.39 is 0 Å². The van der Waals surface area contributed by atoms with Gasteiger partial charge in [-0.3, -0.25) is 0 Å². The molecule has 6 heteroatoms. The third-order valence-corrected chi connectivity index (χ3v) is 4.06. The van der Waals surface area contributed by atoms with Gasteiger partial charge < -0.3 is 15.0 Å². The first kappa shape index (κ1) is 14.8. The van der Waals surface area contributed by atoms with Gasteiger partial charge in [0.25, 0.3) is 0 Å². The topological polar surface area (TPSA) is 41.6 Å². The molecule has 0 bridgehead atoms. The third kappa shape index (κ3) is 3.94. The summed E-state index contributed by atoms with van der Waals surface area (Å²) in [6.45, 7) is 5.18. The van der Waals surface area contributed by atoms with E-state index in [1.165, 1.54) is 0 Å². The summed E-state index contributed by atoms with van der Waals surface area (Å²) in [5.74, 6) is 0. The second kappa shape index (κ2) is 6.24. The van der Waals surface area contributed by atoms with E-state index in [-0.39, 0.29) is 18.2 Å². The first-order valence-electron chi connectivity index (χ1n) is 6.12. The number of nitrogens with zero attached hydrogens (tertiary/aromatic N) is 1. The summed E-state index contributed by atoms with van der Waals surface area (Å²) in [4.78, 5) is 14.0. The number of urea groups is 1. The number of rotatable bonds is 1. The molecule has 1 aromatic rings. The Bertz CT molecular complexity index is 472. The average molecular weight is 392 g/mol. The third-order valence-electron chi connectivity index (χ3n) is 2.88. The summed E-state index contributed by atoms with van der Waals surface area (Å²) in [5, 5.41) is 2.92. The molecule has 2 atom stereocenters. The smallest absolute Gasteiger partial charge is 0.322 e. The van der Waals surface area contributed by atoms with Gasteiger partial charge in [-0.15, -0.1) is 0 Å². The Kier molecular flexibility index (Phi) is 4.86. The normalized spacial score (nSPS) is 23.3. The zero-order chi connectivity index (χ0) is 14.0. The number of morpholine rings is 1. The first-order valence-corrected chi connectivity index (χ1v) is 7.70. The number of hydrogen-bond acceptors (Lipinski definition) is 2. The molecule has 1 fully saturated rings. The fourth-order valence-electron chi connectivity index (χ4n) is 2.13. The number of anilines is 1. The van der Waals surface area contributed by atoms with Crippen molar-refractivity contribution in [3.63, 3.8) is 0 Å². The summed E-state index contributed by atoms with van der Waals surface area (Å²) in [6.07, 6.45) is 0.140. The first-order chi connectivity index (χ1) is 8.95. The molecule has 19 heavy (non-hydrogen) atoms.